The summed E-state index contributed by atoms with van der Waals surface area (Å²) in [6.45, 7) is 0. The first-order valence-corrected chi connectivity index (χ1v) is 4.26. The largest absolute Gasteiger partial charge is 0.288 e. The van der Waals surface area contributed by atoms with Crippen molar-refractivity contribution < 1.29 is 9.85 Å². The van der Waals surface area contributed by atoms with Gasteiger partial charge < -0.3 is 0 Å². The highest BCUT2D eigenvalue weighted by molar-refractivity contribution is 5.82. The molecule has 80 valence electrons. The molecule has 0 N–H and O–H groups in total. The molecule has 7 heteroatoms. The number of benzene rings is 1. The SMILES string of the molecule is O=[N+]([O-])c1ccc2ncc([N+](=O)[O-])cc2c1. The zero-order valence-electron chi connectivity index (χ0n) is 7.86. The molecule has 16 heavy (non-hydrogen) atoms. The molecule has 0 saturated carbocycles. The lowest BCUT2D eigenvalue weighted by Crippen LogP contribution is -1.91. The van der Waals surface area contributed by atoms with E-state index in [2.05, 4.69) is 4.98 Å². The summed E-state index contributed by atoms with van der Waals surface area (Å²) in [5, 5.41) is 21.4. The number of rotatable bonds is 2. The Balaban J connectivity index is 2.65. The summed E-state index contributed by atoms with van der Waals surface area (Å²) in [4.78, 5) is 23.7. The zero-order chi connectivity index (χ0) is 11.7. The quantitative estimate of drug-likeness (QED) is 0.568. The minimum absolute atomic E-state index is 0.116. The van der Waals surface area contributed by atoms with Crippen LogP contribution in [0.5, 0.6) is 0 Å². The van der Waals surface area contributed by atoms with E-state index < -0.39 is 9.85 Å². The molecule has 0 radical (unpaired) electrons. The predicted molar refractivity (Wildman–Crippen MR) is 55.1 cm³/mol. The minimum Gasteiger partial charge on any atom is -0.258 e. The molecule has 0 aliphatic heterocycles. The van der Waals surface area contributed by atoms with E-state index in [0.29, 0.717) is 10.9 Å². The fourth-order valence-corrected chi connectivity index (χ4v) is 1.32. The van der Waals surface area contributed by atoms with Crippen molar-refractivity contribution in [2.75, 3.05) is 0 Å². The first-order valence-electron chi connectivity index (χ1n) is 4.26. The summed E-state index contributed by atoms with van der Waals surface area (Å²) >= 11 is 0. The van der Waals surface area contributed by atoms with Crippen molar-refractivity contribution in [3.8, 4) is 0 Å². The van der Waals surface area contributed by atoms with Crippen LogP contribution in [0.2, 0.25) is 0 Å². The van der Waals surface area contributed by atoms with Crippen LogP contribution in [-0.4, -0.2) is 14.8 Å². The van der Waals surface area contributed by atoms with Gasteiger partial charge in [0.25, 0.3) is 11.4 Å². The van der Waals surface area contributed by atoms with Crippen LogP contribution in [0.25, 0.3) is 10.9 Å². The van der Waals surface area contributed by atoms with Gasteiger partial charge in [0.15, 0.2) is 0 Å². The van der Waals surface area contributed by atoms with Crippen LogP contribution in [0, 0.1) is 20.2 Å². The van der Waals surface area contributed by atoms with Crippen molar-refractivity contribution in [2.24, 2.45) is 0 Å². The third kappa shape index (κ3) is 1.65. The number of nitro groups is 2. The van der Waals surface area contributed by atoms with Crippen molar-refractivity contribution in [1.82, 2.24) is 4.98 Å². The van der Waals surface area contributed by atoms with E-state index in [0.717, 1.165) is 6.20 Å². The Hall–Kier alpha value is -2.57. The molecule has 2 aromatic rings. The molecule has 1 heterocycles. The molecular weight excluding hydrogens is 214 g/mol. The monoisotopic (exact) mass is 219 g/mol. The Morgan fingerprint density at radius 3 is 2.25 bits per heavy atom. The highest BCUT2D eigenvalue weighted by Crippen LogP contribution is 2.22. The van der Waals surface area contributed by atoms with Gasteiger partial charge in [-0.2, -0.15) is 0 Å². The highest BCUT2D eigenvalue weighted by Gasteiger charge is 2.10. The summed E-state index contributed by atoms with van der Waals surface area (Å²) in [6, 6.07) is 5.28. The van der Waals surface area contributed by atoms with E-state index in [1.807, 2.05) is 0 Å². The van der Waals surface area contributed by atoms with Gasteiger partial charge in [-0.15, -0.1) is 0 Å². The van der Waals surface area contributed by atoms with E-state index in [1.165, 1.54) is 24.3 Å². The molecule has 1 aromatic carbocycles. The Bertz CT molecular complexity index is 548. The minimum atomic E-state index is -0.592. The second kappa shape index (κ2) is 3.54. The molecule has 0 atom stereocenters. The molecule has 0 spiro atoms. The summed E-state index contributed by atoms with van der Waals surface area (Å²) in [6.07, 6.45) is 1.12. The summed E-state index contributed by atoms with van der Waals surface area (Å²) in [7, 11) is 0. The van der Waals surface area contributed by atoms with Crippen molar-refractivity contribution in [1.29, 1.82) is 0 Å². The normalized spacial score (nSPS) is 10.2. The maximum absolute atomic E-state index is 10.5. The topological polar surface area (TPSA) is 99.2 Å². The first kappa shape index (κ1) is 9.97. The summed E-state index contributed by atoms with van der Waals surface area (Å²) in [5.74, 6) is 0. The van der Waals surface area contributed by atoms with Crippen LogP contribution in [0.3, 0.4) is 0 Å². The predicted octanol–water partition coefficient (Wildman–Crippen LogP) is 2.05. The van der Waals surface area contributed by atoms with Crippen LogP contribution in [0.1, 0.15) is 0 Å². The number of non-ortho nitro benzene ring substituents is 1. The standard InChI is InChI=1S/C9H5N3O4/c13-11(14)7-1-2-9-6(3-7)4-8(5-10-9)12(15)16/h1-5H. The van der Waals surface area contributed by atoms with Crippen LogP contribution >= 0.6 is 0 Å². The molecule has 7 nitrogen and oxygen atoms in total. The van der Waals surface area contributed by atoms with E-state index in [9.17, 15) is 20.2 Å². The smallest absolute Gasteiger partial charge is 0.258 e. The Labute approximate surface area is 88.6 Å². The number of nitrogens with zero attached hydrogens (tertiary/aromatic N) is 3. The highest BCUT2D eigenvalue weighted by atomic mass is 16.6. The molecule has 0 saturated heterocycles. The van der Waals surface area contributed by atoms with Gasteiger partial charge in [0.05, 0.1) is 15.4 Å². The van der Waals surface area contributed by atoms with Crippen LogP contribution in [0.15, 0.2) is 30.5 Å². The van der Waals surface area contributed by atoms with Crippen molar-refractivity contribution in [3.63, 3.8) is 0 Å². The molecule has 1 aromatic heterocycles. The van der Waals surface area contributed by atoms with Gasteiger partial charge in [0.2, 0.25) is 0 Å². The summed E-state index contributed by atoms with van der Waals surface area (Å²) in [5.41, 5.74) is 0.180. The lowest BCUT2D eigenvalue weighted by Gasteiger charge is -1.97. The second-order valence-corrected chi connectivity index (χ2v) is 3.08. The molecule has 2 rings (SSSR count). The number of aromatic nitrogens is 1. The molecule has 0 fully saturated rings. The fraction of sp³-hybridized carbons (Fsp3) is 0. The molecule has 0 amide bonds. The fourth-order valence-electron chi connectivity index (χ4n) is 1.32. The van der Waals surface area contributed by atoms with E-state index >= 15 is 0 Å². The second-order valence-electron chi connectivity index (χ2n) is 3.08. The van der Waals surface area contributed by atoms with E-state index in [-0.39, 0.29) is 11.4 Å². The maximum Gasteiger partial charge on any atom is 0.288 e. The Morgan fingerprint density at radius 2 is 1.62 bits per heavy atom. The molecular formula is C9H5N3O4. The van der Waals surface area contributed by atoms with Crippen molar-refractivity contribution in [2.45, 2.75) is 0 Å². The average molecular weight is 219 g/mol. The third-order valence-corrected chi connectivity index (χ3v) is 2.07. The van der Waals surface area contributed by atoms with Crippen LogP contribution in [-0.2, 0) is 0 Å². The lowest BCUT2D eigenvalue weighted by atomic mass is 10.2. The van der Waals surface area contributed by atoms with Crippen LogP contribution in [0.4, 0.5) is 11.4 Å². The van der Waals surface area contributed by atoms with Gasteiger partial charge in [-0.3, -0.25) is 20.2 Å². The number of fused-ring (bicyclic) bond motifs is 1. The van der Waals surface area contributed by atoms with Crippen molar-refractivity contribution in [3.05, 3.63) is 50.7 Å². The Kier molecular flexibility index (Phi) is 2.20. The lowest BCUT2D eigenvalue weighted by molar-refractivity contribution is -0.385. The number of hydrogen-bond acceptors (Lipinski definition) is 5. The first-order chi connectivity index (χ1) is 7.58. The van der Waals surface area contributed by atoms with Gasteiger partial charge in [-0.25, -0.2) is 4.98 Å². The molecule has 0 unspecified atom stereocenters. The van der Waals surface area contributed by atoms with Gasteiger partial charge in [-0.1, -0.05) is 0 Å². The molecule has 0 aliphatic carbocycles. The van der Waals surface area contributed by atoms with Gasteiger partial charge in [0, 0.05) is 23.6 Å². The van der Waals surface area contributed by atoms with Gasteiger partial charge in [-0.05, 0) is 6.07 Å². The Morgan fingerprint density at radius 1 is 1.00 bits per heavy atom. The molecule has 0 aliphatic rings. The molecule has 0 bridgehead atoms. The van der Waals surface area contributed by atoms with Crippen LogP contribution < -0.4 is 0 Å². The van der Waals surface area contributed by atoms with Gasteiger partial charge >= 0.3 is 0 Å². The third-order valence-electron chi connectivity index (χ3n) is 2.07. The average Bonchev–Trinajstić information content (AvgIpc) is 2.27. The summed E-state index contributed by atoms with van der Waals surface area (Å²) < 4.78 is 0. The maximum atomic E-state index is 10.5. The number of hydrogen-bond donors (Lipinski definition) is 0. The van der Waals surface area contributed by atoms with Crippen molar-refractivity contribution >= 4 is 22.3 Å². The number of pyridine rings is 1. The van der Waals surface area contributed by atoms with Gasteiger partial charge in [0.1, 0.15) is 6.20 Å². The zero-order valence-corrected chi connectivity index (χ0v) is 7.86. The van der Waals surface area contributed by atoms with E-state index in [1.54, 1.807) is 0 Å². The number of nitro benzene ring substituents is 1. The van der Waals surface area contributed by atoms with E-state index in [4.69, 9.17) is 0 Å².